The maximum absolute atomic E-state index is 5.48. The molecule has 0 aliphatic carbocycles. The smallest absolute Gasteiger partial charge is 0.145 e. The van der Waals surface area contributed by atoms with Crippen molar-refractivity contribution in [3.8, 4) is 0 Å². The molecule has 5 nitrogen and oxygen atoms in total. The van der Waals surface area contributed by atoms with Gasteiger partial charge in [-0.15, -0.1) is 0 Å². The summed E-state index contributed by atoms with van der Waals surface area (Å²) in [4.78, 5) is 8.95. The van der Waals surface area contributed by atoms with E-state index < -0.39 is 0 Å². The summed E-state index contributed by atoms with van der Waals surface area (Å²) in [6.45, 7) is 6.90. The van der Waals surface area contributed by atoms with E-state index in [2.05, 4.69) is 69.5 Å². The predicted molar refractivity (Wildman–Crippen MR) is 90.0 cm³/mol. The highest BCUT2D eigenvalue weighted by atomic mass is 79.9. The quantitative estimate of drug-likeness (QED) is 0.582. The van der Waals surface area contributed by atoms with E-state index in [1.54, 1.807) is 6.07 Å². The van der Waals surface area contributed by atoms with Crippen molar-refractivity contribution in [3.63, 3.8) is 0 Å². The molecule has 0 fully saturated rings. The molecular formula is C15H20BrN5. The van der Waals surface area contributed by atoms with E-state index in [1.807, 2.05) is 12.1 Å². The second-order valence-corrected chi connectivity index (χ2v) is 6.75. The Bertz CT molecular complexity index is 604. The second kappa shape index (κ2) is 6.41. The van der Waals surface area contributed by atoms with Crippen LogP contribution in [0.1, 0.15) is 32.2 Å². The van der Waals surface area contributed by atoms with Crippen molar-refractivity contribution in [1.29, 1.82) is 0 Å². The molecule has 1 aromatic carbocycles. The summed E-state index contributed by atoms with van der Waals surface area (Å²) in [5.74, 6) is 7.59. The largest absolute Gasteiger partial charge is 0.366 e. The van der Waals surface area contributed by atoms with Crippen LogP contribution in [0.2, 0.25) is 0 Å². The summed E-state index contributed by atoms with van der Waals surface area (Å²) in [6.07, 6.45) is 0. The summed E-state index contributed by atoms with van der Waals surface area (Å²) in [5.41, 5.74) is 3.63. The molecule has 1 aromatic heterocycles. The Labute approximate surface area is 133 Å². The van der Waals surface area contributed by atoms with Crippen molar-refractivity contribution >= 4 is 27.6 Å². The molecule has 21 heavy (non-hydrogen) atoms. The number of anilines is 2. The van der Waals surface area contributed by atoms with Gasteiger partial charge in [-0.2, -0.15) is 0 Å². The van der Waals surface area contributed by atoms with Crippen LogP contribution in [0.3, 0.4) is 0 Å². The first kappa shape index (κ1) is 15.7. The number of hydrogen-bond donors (Lipinski definition) is 3. The van der Waals surface area contributed by atoms with Crippen LogP contribution in [0.4, 0.5) is 11.6 Å². The lowest BCUT2D eigenvalue weighted by atomic mass is 9.96. The highest BCUT2D eigenvalue weighted by Crippen LogP contribution is 2.22. The van der Waals surface area contributed by atoms with Gasteiger partial charge >= 0.3 is 0 Å². The lowest BCUT2D eigenvalue weighted by molar-refractivity contribution is 0.546. The molecule has 112 valence electrons. The van der Waals surface area contributed by atoms with Gasteiger partial charge in [0, 0.05) is 22.5 Å². The Kier molecular flexibility index (Phi) is 4.80. The standard InChI is InChI=1S/C15H20BrN5/c1-15(2,3)14-19-12(8-13(20-14)21-17)18-9-10-4-6-11(16)7-5-10/h4-8H,9,17H2,1-3H3,(H2,18,19,20,21). The highest BCUT2D eigenvalue weighted by Gasteiger charge is 2.19. The van der Waals surface area contributed by atoms with Gasteiger partial charge in [0.15, 0.2) is 0 Å². The maximum atomic E-state index is 5.48. The van der Waals surface area contributed by atoms with Gasteiger partial charge < -0.3 is 10.7 Å². The molecule has 0 unspecified atom stereocenters. The zero-order valence-corrected chi connectivity index (χ0v) is 14.0. The Morgan fingerprint density at radius 3 is 2.29 bits per heavy atom. The van der Waals surface area contributed by atoms with Gasteiger partial charge in [0.05, 0.1) is 0 Å². The van der Waals surface area contributed by atoms with Crippen molar-refractivity contribution in [1.82, 2.24) is 9.97 Å². The molecule has 0 spiro atoms. The molecule has 0 bridgehead atoms. The number of hydrogen-bond acceptors (Lipinski definition) is 5. The first-order valence-electron chi connectivity index (χ1n) is 6.73. The maximum Gasteiger partial charge on any atom is 0.145 e. The summed E-state index contributed by atoms with van der Waals surface area (Å²) < 4.78 is 1.07. The van der Waals surface area contributed by atoms with Crippen LogP contribution in [0.25, 0.3) is 0 Å². The summed E-state index contributed by atoms with van der Waals surface area (Å²) in [5, 5.41) is 3.31. The van der Waals surface area contributed by atoms with E-state index in [-0.39, 0.29) is 5.41 Å². The lowest BCUT2D eigenvalue weighted by Crippen LogP contribution is -2.20. The van der Waals surface area contributed by atoms with E-state index in [0.717, 1.165) is 16.1 Å². The van der Waals surface area contributed by atoms with Crippen molar-refractivity contribution in [3.05, 3.63) is 46.2 Å². The molecular weight excluding hydrogens is 330 g/mol. The molecule has 2 rings (SSSR count). The average Bonchev–Trinajstić information content (AvgIpc) is 2.45. The Morgan fingerprint density at radius 1 is 1.10 bits per heavy atom. The number of halogens is 1. The Morgan fingerprint density at radius 2 is 1.71 bits per heavy atom. The summed E-state index contributed by atoms with van der Waals surface area (Å²) >= 11 is 3.43. The monoisotopic (exact) mass is 349 g/mol. The van der Waals surface area contributed by atoms with Crippen molar-refractivity contribution < 1.29 is 0 Å². The number of benzene rings is 1. The molecule has 0 aliphatic heterocycles. The third kappa shape index (κ3) is 4.41. The van der Waals surface area contributed by atoms with Gasteiger partial charge in [0.25, 0.3) is 0 Å². The van der Waals surface area contributed by atoms with Gasteiger partial charge in [0.2, 0.25) is 0 Å². The average molecular weight is 350 g/mol. The van der Waals surface area contributed by atoms with Gasteiger partial charge in [-0.3, -0.25) is 0 Å². The molecule has 0 atom stereocenters. The fourth-order valence-corrected chi connectivity index (χ4v) is 2.01. The molecule has 0 saturated carbocycles. The van der Waals surface area contributed by atoms with Crippen LogP contribution in [-0.4, -0.2) is 9.97 Å². The van der Waals surface area contributed by atoms with Gasteiger partial charge in [0.1, 0.15) is 17.5 Å². The molecule has 0 saturated heterocycles. The van der Waals surface area contributed by atoms with E-state index in [9.17, 15) is 0 Å². The fourth-order valence-electron chi connectivity index (χ4n) is 1.74. The first-order valence-corrected chi connectivity index (χ1v) is 7.52. The zero-order valence-electron chi connectivity index (χ0n) is 12.4. The third-order valence-electron chi connectivity index (χ3n) is 2.93. The first-order chi connectivity index (χ1) is 9.88. The molecule has 0 radical (unpaired) electrons. The van der Waals surface area contributed by atoms with Crippen LogP contribution in [-0.2, 0) is 12.0 Å². The van der Waals surface area contributed by atoms with Crippen LogP contribution < -0.4 is 16.6 Å². The van der Waals surface area contributed by atoms with Crippen molar-refractivity contribution in [2.75, 3.05) is 10.7 Å². The number of nitrogens with zero attached hydrogens (tertiary/aromatic N) is 2. The van der Waals surface area contributed by atoms with E-state index in [1.165, 1.54) is 5.56 Å². The number of nitrogens with one attached hydrogen (secondary N) is 2. The molecule has 1 heterocycles. The number of nitrogens with two attached hydrogens (primary N) is 1. The van der Waals surface area contributed by atoms with Crippen molar-refractivity contribution in [2.24, 2.45) is 5.84 Å². The minimum Gasteiger partial charge on any atom is -0.366 e. The minimum atomic E-state index is -0.138. The number of aromatic nitrogens is 2. The van der Waals surface area contributed by atoms with Crippen LogP contribution >= 0.6 is 15.9 Å². The molecule has 0 aliphatic rings. The van der Waals surface area contributed by atoms with E-state index in [4.69, 9.17) is 5.84 Å². The Balaban J connectivity index is 2.17. The molecule has 6 heteroatoms. The molecule has 2 aromatic rings. The number of hydrazine groups is 1. The molecule has 4 N–H and O–H groups in total. The topological polar surface area (TPSA) is 75.9 Å². The normalized spacial score (nSPS) is 11.3. The zero-order chi connectivity index (χ0) is 15.5. The molecule has 0 amide bonds. The fraction of sp³-hybridized carbons (Fsp3) is 0.333. The Hall–Kier alpha value is -1.66. The third-order valence-corrected chi connectivity index (χ3v) is 3.46. The van der Waals surface area contributed by atoms with Gasteiger partial charge in [-0.25, -0.2) is 15.8 Å². The van der Waals surface area contributed by atoms with Crippen molar-refractivity contribution in [2.45, 2.75) is 32.7 Å². The van der Waals surface area contributed by atoms with Crippen LogP contribution in [0, 0.1) is 0 Å². The van der Waals surface area contributed by atoms with Gasteiger partial charge in [-0.05, 0) is 17.7 Å². The minimum absolute atomic E-state index is 0.138. The number of rotatable bonds is 4. The summed E-state index contributed by atoms with van der Waals surface area (Å²) in [7, 11) is 0. The van der Waals surface area contributed by atoms with Gasteiger partial charge in [-0.1, -0.05) is 48.8 Å². The number of nitrogen functional groups attached to an aromatic ring is 1. The van der Waals surface area contributed by atoms with Crippen LogP contribution in [0.15, 0.2) is 34.8 Å². The van der Waals surface area contributed by atoms with E-state index in [0.29, 0.717) is 12.4 Å². The summed E-state index contributed by atoms with van der Waals surface area (Å²) in [6, 6.07) is 9.96. The van der Waals surface area contributed by atoms with E-state index >= 15 is 0 Å². The lowest BCUT2D eigenvalue weighted by Gasteiger charge is -2.18. The predicted octanol–water partition coefficient (Wildman–Crippen LogP) is 3.43. The van der Waals surface area contributed by atoms with Crippen LogP contribution in [0.5, 0.6) is 0 Å². The highest BCUT2D eigenvalue weighted by molar-refractivity contribution is 9.10. The SMILES string of the molecule is CC(C)(C)c1nc(NN)cc(NCc2ccc(Br)cc2)n1. The second-order valence-electron chi connectivity index (χ2n) is 5.84.